The van der Waals surface area contributed by atoms with E-state index >= 15 is 0 Å². The van der Waals surface area contributed by atoms with Gasteiger partial charge in [-0.1, -0.05) is 26.8 Å². The molecule has 5 heteroatoms. The monoisotopic (exact) mass is 368 g/mol. The number of epoxide rings is 1. The molecule has 2 aliphatic rings. The van der Waals surface area contributed by atoms with Crippen molar-refractivity contribution in [2.75, 3.05) is 13.2 Å². The molecule has 2 rings (SSSR count). The van der Waals surface area contributed by atoms with E-state index < -0.39 is 11.7 Å². The summed E-state index contributed by atoms with van der Waals surface area (Å²) in [5.41, 5.74) is 0.140. The highest BCUT2D eigenvalue weighted by molar-refractivity contribution is 5.88. The van der Waals surface area contributed by atoms with E-state index in [0.29, 0.717) is 25.4 Å². The highest BCUT2D eigenvalue weighted by atomic mass is 16.6. The Labute approximate surface area is 157 Å². The fourth-order valence-electron chi connectivity index (χ4n) is 3.74. The van der Waals surface area contributed by atoms with E-state index in [4.69, 9.17) is 14.6 Å². The summed E-state index contributed by atoms with van der Waals surface area (Å²) < 4.78 is 11.7. The van der Waals surface area contributed by atoms with E-state index in [1.807, 2.05) is 20.8 Å². The predicted molar refractivity (Wildman–Crippen MR) is 101 cm³/mol. The molecule has 2 aliphatic heterocycles. The molecular weight excluding hydrogens is 332 g/mol. The molecular formula is C21H36O5. The summed E-state index contributed by atoms with van der Waals surface area (Å²) in [7, 11) is 0. The van der Waals surface area contributed by atoms with Crippen LogP contribution in [0.3, 0.4) is 0 Å². The van der Waals surface area contributed by atoms with Crippen molar-refractivity contribution in [1.82, 2.24) is 0 Å². The van der Waals surface area contributed by atoms with Gasteiger partial charge in [-0.25, -0.2) is 0 Å². The Kier molecular flexibility index (Phi) is 7.05. The number of rotatable bonds is 8. The lowest BCUT2D eigenvalue weighted by molar-refractivity contribution is -0.124. The van der Waals surface area contributed by atoms with Gasteiger partial charge in [0.15, 0.2) is 5.78 Å². The molecule has 2 N–H and O–H groups in total. The minimum absolute atomic E-state index is 0.00363. The van der Waals surface area contributed by atoms with E-state index in [9.17, 15) is 9.90 Å². The van der Waals surface area contributed by atoms with E-state index in [1.165, 1.54) is 0 Å². The summed E-state index contributed by atoms with van der Waals surface area (Å²) in [6.45, 7) is 10.6. The zero-order valence-corrected chi connectivity index (χ0v) is 17.0. The fraction of sp³-hybridized carbons (Fsp3) is 0.857. The van der Waals surface area contributed by atoms with Crippen LogP contribution >= 0.6 is 0 Å². The average molecular weight is 369 g/mol. The van der Waals surface area contributed by atoms with Crippen molar-refractivity contribution in [3.8, 4) is 0 Å². The molecule has 5 atom stereocenters. The van der Waals surface area contributed by atoms with E-state index in [-0.39, 0.29) is 30.0 Å². The second kappa shape index (κ2) is 8.51. The smallest absolute Gasteiger partial charge is 0.167 e. The molecule has 3 unspecified atom stereocenters. The lowest BCUT2D eigenvalue weighted by Crippen LogP contribution is -2.41. The molecule has 0 aromatic rings. The fourth-order valence-corrected chi connectivity index (χ4v) is 3.74. The number of carbonyl (C=O) groups is 1. The first-order valence-corrected chi connectivity index (χ1v) is 9.96. The molecule has 0 radical (unpaired) electrons. The molecule has 26 heavy (non-hydrogen) atoms. The quantitative estimate of drug-likeness (QED) is 0.508. The van der Waals surface area contributed by atoms with Gasteiger partial charge in [-0.3, -0.25) is 4.79 Å². The minimum atomic E-state index is -0.601. The van der Waals surface area contributed by atoms with Crippen LogP contribution in [0.15, 0.2) is 11.6 Å². The van der Waals surface area contributed by atoms with Crippen LogP contribution in [0.1, 0.15) is 66.7 Å². The van der Waals surface area contributed by atoms with E-state index in [2.05, 4.69) is 13.8 Å². The van der Waals surface area contributed by atoms with Crippen molar-refractivity contribution >= 4 is 5.78 Å². The number of carbonyl (C=O) groups excluding carboxylic acids is 1. The topological polar surface area (TPSA) is 79.3 Å². The number of hydrogen-bond acceptors (Lipinski definition) is 5. The van der Waals surface area contributed by atoms with Crippen molar-refractivity contribution in [2.45, 2.75) is 90.1 Å². The normalized spacial score (nSPS) is 37.6. The van der Waals surface area contributed by atoms with E-state index in [0.717, 1.165) is 24.8 Å². The number of aliphatic hydroxyl groups excluding tert-OH is 2. The molecule has 0 spiro atoms. The zero-order chi connectivity index (χ0) is 19.5. The van der Waals surface area contributed by atoms with Gasteiger partial charge in [-0.05, 0) is 57.4 Å². The van der Waals surface area contributed by atoms with Crippen LogP contribution in [0.2, 0.25) is 0 Å². The van der Waals surface area contributed by atoms with Crippen LogP contribution < -0.4 is 0 Å². The summed E-state index contributed by atoms with van der Waals surface area (Å²) >= 11 is 0. The van der Waals surface area contributed by atoms with Crippen LogP contribution in [0, 0.1) is 11.8 Å². The largest absolute Gasteiger partial charge is 0.392 e. The van der Waals surface area contributed by atoms with Gasteiger partial charge in [0.2, 0.25) is 0 Å². The molecule has 2 saturated heterocycles. The first-order valence-electron chi connectivity index (χ1n) is 9.96. The number of Topliss-reactive ketones (excluding diaryl/α,β-unsaturated/α-hetero) is 1. The first kappa shape index (κ1) is 21.5. The van der Waals surface area contributed by atoms with Gasteiger partial charge in [0.05, 0.1) is 24.9 Å². The van der Waals surface area contributed by atoms with Gasteiger partial charge in [-0.15, -0.1) is 0 Å². The number of hydrogen-bond donors (Lipinski definition) is 2. The molecule has 0 aromatic carbocycles. The van der Waals surface area contributed by atoms with Crippen molar-refractivity contribution in [3.05, 3.63) is 11.6 Å². The third kappa shape index (κ3) is 4.75. The van der Waals surface area contributed by atoms with Crippen molar-refractivity contribution in [3.63, 3.8) is 0 Å². The van der Waals surface area contributed by atoms with Gasteiger partial charge in [0.1, 0.15) is 11.7 Å². The Balaban J connectivity index is 1.82. The minimum Gasteiger partial charge on any atom is -0.392 e. The lowest BCUT2D eigenvalue weighted by Gasteiger charge is -2.33. The second-order valence-corrected chi connectivity index (χ2v) is 8.73. The Bertz CT molecular complexity index is 528. The summed E-state index contributed by atoms with van der Waals surface area (Å²) in [5, 5.41) is 19.5. The summed E-state index contributed by atoms with van der Waals surface area (Å²) in [4.78, 5) is 12.6. The van der Waals surface area contributed by atoms with Crippen molar-refractivity contribution in [2.24, 2.45) is 11.8 Å². The highest BCUT2D eigenvalue weighted by Crippen LogP contribution is 2.44. The number of ketones is 1. The Hall–Kier alpha value is -0.750. The lowest BCUT2D eigenvalue weighted by atomic mass is 9.85. The third-order valence-corrected chi connectivity index (χ3v) is 6.45. The van der Waals surface area contributed by atoms with Crippen molar-refractivity contribution < 1.29 is 24.5 Å². The van der Waals surface area contributed by atoms with Gasteiger partial charge < -0.3 is 19.7 Å². The molecule has 0 aromatic heterocycles. The first-order chi connectivity index (χ1) is 12.1. The molecule has 150 valence electrons. The van der Waals surface area contributed by atoms with Crippen LogP contribution in [-0.2, 0) is 14.3 Å². The maximum Gasteiger partial charge on any atom is 0.167 e. The molecule has 2 heterocycles. The molecule has 0 amide bonds. The van der Waals surface area contributed by atoms with Gasteiger partial charge in [0, 0.05) is 5.92 Å². The average Bonchev–Trinajstić information content (AvgIpc) is 3.31. The molecule has 5 nitrogen and oxygen atoms in total. The molecule has 0 bridgehead atoms. The Morgan fingerprint density at radius 1 is 1.35 bits per heavy atom. The molecule has 0 aliphatic carbocycles. The summed E-state index contributed by atoms with van der Waals surface area (Å²) in [5.74, 6) is 0.483. The Morgan fingerprint density at radius 3 is 2.62 bits per heavy atom. The van der Waals surface area contributed by atoms with E-state index in [1.54, 1.807) is 6.08 Å². The maximum atomic E-state index is 12.6. The summed E-state index contributed by atoms with van der Waals surface area (Å²) in [6, 6.07) is 0. The Morgan fingerprint density at radius 2 is 2.04 bits per heavy atom. The highest BCUT2D eigenvalue weighted by Gasteiger charge is 2.58. The van der Waals surface area contributed by atoms with Crippen LogP contribution in [0.5, 0.6) is 0 Å². The number of ether oxygens (including phenoxy) is 2. The van der Waals surface area contributed by atoms with Crippen LogP contribution in [0.25, 0.3) is 0 Å². The summed E-state index contributed by atoms with van der Waals surface area (Å²) in [6.07, 6.45) is 4.67. The van der Waals surface area contributed by atoms with Gasteiger partial charge in [-0.2, -0.15) is 0 Å². The standard InChI is InChI=1S/C21H36O5/c1-14(2)21(5)19(26-21)18(24)15(3)7-6-11-20(4)17(23)9-8-16(10-12-22)13-25-20/h10,14-15,17,19,22-23H,6-9,11-13H2,1-5H3/b16-10+/t15?,17-,19?,20+,21?/m1/s1. The zero-order valence-electron chi connectivity index (χ0n) is 17.0. The van der Waals surface area contributed by atoms with Gasteiger partial charge >= 0.3 is 0 Å². The third-order valence-electron chi connectivity index (χ3n) is 6.45. The van der Waals surface area contributed by atoms with Crippen molar-refractivity contribution in [1.29, 1.82) is 0 Å². The van der Waals surface area contributed by atoms with Gasteiger partial charge in [0.25, 0.3) is 0 Å². The van der Waals surface area contributed by atoms with Crippen LogP contribution in [-0.4, -0.2) is 52.6 Å². The molecule has 0 saturated carbocycles. The molecule has 2 fully saturated rings. The number of aliphatic hydroxyl groups is 2. The SMILES string of the molecule is CC(CCC[C@]1(C)OC/C(=C/CO)CC[C@H]1O)C(=O)C1OC1(C)C(C)C. The maximum absolute atomic E-state index is 12.6. The predicted octanol–water partition coefficient (Wildman–Crippen LogP) is 3.02. The second-order valence-electron chi connectivity index (χ2n) is 8.73. The van der Waals surface area contributed by atoms with Crippen LogP contribution in [0.4, 0.5) is 0 Å².